The molecule has 1 heterocycles. The van der Waals surface area contributed by atoms with Crippen LogP contribution in [0.1, 0.15) is 49.1 Å². The molecule has 1 N–H and O–H groups in total. The van der Waals surface area contributed by atoms with Gasteiger partial charge in [-0.25, -0.2) is 0 Å². The molecule has 1 aromatic carbocycles. The van der Waals surface area contributed by atoms with Crippen LogP contribution in [0.5, 0.6) is 5.75 Å². The number of halogens is 3. The van der Waals surface area contributed by atoms with Crippen molar-refractivity contribution >= 4 is 11.6 Å². The molecule has 0 radical (unpaired) electrons. The van der Waals surface area contributed by atoms with E-state index in [9.17, 15) is 18.0 Å². The number of anilines is 1. The maximum atomic E-state index is 13.2. The fourth-order valence-electron chi connectivity index (χ4n) is 3.53. The number of aryl methyl sites for hydroxylation is 1. The topological polar surface area (TPSA) is 56.1 Å². The van der Waals surface area contributed by atoms with Gasteiger partial charge in [-0.3, -0.25) is 9.48 Å². The molecule has 8 heteroatoms. The van der Waals surface area contributed by atoms with E-state index >= 15 is 0 Å². The molecular formula is C20H24F3N3O2. The van der Waals surface area contributed by atoms with Crippen LogP contribution < -0.4 is 10.1 Å². The predicted octanol–water partition coefficient (Wildman–Crippen LogP) is 4.60. The van der Waals surface area contributed by atoms with E-state index < -0.39 is 11.9 Å². The number of nitrogens with one attached hydrogen (secondary N) is 1. The van der Waals surface area contributed by atoms with Crippen molar-refractivity contribution < 1.29 is 22.7 Å². The average molecular weight is 395 g/mol. The number of methoxy groups -OCH3 is 1. The molecule has 0 fully saturated rings. The van der Waals surface area contributed by atoms with E-state index in [0.29, 0.717) is 61.3 Å². The SMILES string of the molecule is COc1ccc(NC(=O)CCCCn2nc(C(F)(F)F)c3c2CCCC3)cc1. The Morgan fingerprint density at radius 3 is 2.57 bits per heavy atom. The molecule has 28 heavy (non-hydrogen) atoms. The van der Waals surface area contributed by atoms with Gasteiger partial charge in [0.05, 0.1) is 7.11 Å². The Morgan fingerprint density at radius 2 is 1.89 bits per heavy atom. The normalized spacial score (nSPS) is 13.9. The van der Waals surface area contributed by atoms with Gasteiger partial charge in [-0.1, -0.05) is 0 Å². The lowest BCUT2D eigenvalue weighted by molar-refractivity contribution is -0.142. The van der Waals surface area contributed by atoms with Crippen molar-refractivity contribution in [3.63, 3.8) is 0 Å². The quantitative estimate of drug-likeness (QED) is 0.697. The number of hydrogen-bond acceptors (Lipinski definition) is 3. The largest absolute Gasteiger partial charge is 0.497 e. The number of rotatable bonds is 7. The van der Waals surface area contributed by atoms with E-state index in [1.165, 1.54) is 4.68 Å². The van der Waals surface area contributed by atoms with E-state index in [1.54, 1.807) is 31.4 Å². The highest BCUT2D eigenvalue weighted by atomic mass is 19.4. The Labute approximate surface area is 161 Å². The van der Waals surface area contributed by atoms with Crippen molar-refractivity contribution in [2.45, 2.75) is 57.7 Å². The fourth-order valence-corrected chi connectivity index (χ4v) is 3.53. The van der Waals surface area contributed by atoms with Crippen LogP contribution in [-0.4, -0.2) is 22.8 Å². The highest BCUT2D eigenvalue weighted by Crippen LogP contribution is 2.35. The summed E-state index contributed by atoms with van der Waals surface area (Å²) in [7, 11) is 1.57. The number of carbonyl (C=O) groups is 1. The van der Waals surface area contributed by atoms with Crippen LogP contribution in [0, 0.1) is 0 Å². The Morgan fingerprint density at radius 1 is 1.18 bits per heavy atom. The lowest BCUT2D eigenvalue weighted by Gasteiger charge is -2.14. The maximum absolute atomic E-state index is 13.2. The van der Waals surface area contributed by atoms with Gasteiger partial charge in [0.2, 0.25) is 5.91 Å². The molecule has 2 aromatic rings. The van der Waals surface area contributed by atoms with Gasteiger partial charge in [0.1, 0.15) is 5.75 Å². The second-order valence-corrected chi connectivity index (χ2v) is 6.94. The molecule has 0 bridgehead atoms. The van der Waals surface area contributed by atoms with Gasteiger partial charge in [-0.05, 0) is 62.8 Å². The third-order valence-electron chi connectivity index (χ3n) is 4.92. The summed E-state index contributed by atoms with van der Waals surface area (Å²) in [6.07, 6.45) is -0.190. The standard InChI is InChI=1S/C20H24F3N3O2/c1-28-15-11-9-14(10-12-15)24-18(27)8-4-5-13-26-17-7-3-2-6-16(17)19(25-26)20(21,22)23/h9-12H,2-8,13H2,1H3,(H,24,27). The first-order valence-electron chi connectivity index (χ1n) is 9.48. The molecule has 1 amide bonds. The number of hydrogen-bond donors (Lipinski definition) is 1. The number of alkyl halides is 3. The number of ether oxygens (including phenoxy) is 1. The van der Waals surface area contributed by atoms with Crippen LogP contribution in [0.4, 0.5) is 18.9 Å². The van der Waals surface area contributed by atoms with Gasteiger partial charge in [0, 0.05) is 29.9 Å². The molecule has 3 rings (SSSR count). The molecule has 152 valence electrons. The van der Waals surface area contributed by atoms with Gasteiger partial charge >= 0.3 is 6.18 Å². The minimum absolute atomic E-state index is 0.122. The summed E-state index contributed by atoms with van der Waals surface area (Å²) in [5, 5.41) is 6.64. The number of unbranched alkanes of at least 4 members (excludes halogenated alkanes) is 1. The fraction of sp³-hybridized carbons (Fsp3) is 0.500. The van der Waals surface area contributed by atoms with Gasteiger partial charge in [-0.15, -0.1) is 0 Å². The molecular weight excluding hydrogens is 371 g/mol. The van der Waals surface area contributed by atoms with Crippen LogP contribution in [0.3, 0.4) is 0 Å². The molecule has 1 aromatic heterocycles. The summed E-state index contributed by atoms with van der Waals surface area (Å²) in [6.45, 7) is 0.397. The summed E-state index contributed by atoms with van der Waals surface area (Å²) in [6, 6.07) is 7.03. The van der Waals surface area contributed by atoms with Gasteiger partial charge in [0.15, 0.2) is 5.69 Å². The van der Waals surface area contributed by atoms with E-state index in [2.05, 4.69) is 10.4 Å². The van der Waals surface area contributed by atoms with Crippen LogP contribution in [-0.2, 0) is 30.4 Å². The van der Waals surface area contributed by atoms with Crippen molar-refractivity contribution in [2.75, 3.05) is 12.4 Å². The van der Waals surface area contributed by atoms with E-state index in [1.807, 2.05) is 0 Å². The summed E-state index contributed by atoms with van der Waals surface area (Å²) < 4.78 is 46.2. The predicted molar refractivity (Wildman–Crippen MR) is 99.3 cm³/mol. The maximum Gasteiger partial charge on any atom is 0.435 e. The van der Waals surface area contributed by atoms with Gasteiger partial charge in [0.25, 0.3) is 0 Å². The van der Waals surface area contributed by atoms with E-state index in [-0.39, 0.29) is 5.91 Å². The van der Waals surface area contributed by atoms with Crippen molar-refractivity contribution in [3.05, 3.63) is 41.2 Å². The summed E-state index contributed by atoms with van der Waals surface area (Å²) in [5.74, 6) is 0.586. The van der Waals surface area contributed by atoms with Gasteiger partial charge in [-0.2, -0.15) is 18.3 Å². The highest BCUT2D eigenvalue weighted by Gasteiger charge is 2.39. The molecule has 5 nitrogen and oxygen atoms in total. The minimum atomic E-state index is -4.41. The number of benzene rings is 1. The lowest BCUT2D eigenvalue weighted by Crippen LogP contribution is -2.12. The first-order valence-corrected chi connectivity index (χ1v) is 9.48. The molecule has 0 unspecified atom stereocenters. The Hall–Kier alpha value is -2.51. The molecule has 0 saturated carbocycles. The molecule has 0 spiro atoms. The highest BCUT2D eigenvalue weighted by molar-refractivity contribution is 5.90. The average Bonchev–Trinajstić information content (AvgIpc) is 3.05. The number of amides is 1. The number of fused-ring (bicyclic) bond motifs is 1. The van der Waals surface area contributed by atoms with Crippen LogP contribution in [0.25, 0.3) is 0 Å². The second-order valence-electron chi connectivity index (χ2n) is 6.94. The van der Waals surface area contributed by atoms with Crippen molar-refractivity contribution in [1.29, 1.82) is 0 Å². The summed E-state index contributed by atoms with van der Waals surface area (Å²) in [5.41, 5.74) is 1.01. The number of nitrogens with zero attached hydrogens (tertiary/aromatic N) is 2. The molecule has 0 atom stereocenters. The van der Waals surface area contributed by atoms with Gasteiger partial charge < -0.3 is 10.1 Å². The zero-order valence-corrected chi connectivity index (χ0v) is 15.8. The van der Waals surface area contributed by atoms with Crippen molar-refractivity contribution in [2.24, 2.45) is 0 Å². The monoisotopic (exact) mass is 395 g/mol. The summed E-state index contributed by atoms with van der Waals surface area (Å²) in [4.78, 5) is 12.0. The lowest BCUT2D eigenvalue weighted by atomic mass is 9.95. The Balaban J connectivity index is 1.51. The van der Waals surface area contributed by atoms with Crippen LogP contribution in [0.2, 0.25) is 0 Å². The Bertz CT molecular complexity index is 813. The van der Waals surface area contributed by atoms with E-state index in [0.717, 1.165) is 12.8 Å². The minimum Gasteiger partial charge on any atom is -0.497 e. The molecule has 1 aliphatic rings. The van der Waals surface area contributed by atoms with Crippen molar-refractivity contribution in [3.8, 4) is 5.75 Å². The zero-order valence-electron chi connectivity index (χ0n) is 15.8. The third-order valence-corrected chi connectivity index (χ3v) is 4.92. The van der Waals surface area contributed by atoms with Crippen LogP contribution >= 0.6 is 0 Å². The van der Waals surface area contributed by atoms with E-state index in [4.69, 9.17) is 4.74 Å². The molecule has 0 saturated heterocycles. The molecule has 1 aliphatic carbocycles. The first kappa shape index (κ1) is 20.2. The summed E-state index contributed by atoms with van der Waals surface area (Å²) >= 11 is 0. The van der Waals surface area contributed by atoms with Crippen molar-refractivity contribution in [1.82, 2.24) is 9.78 Å². The second kappa shape index (κ2) is 8.67. The number of aromatic nitrogens is 2. The zero-order chi connectivity index (χ0) is 20.1. The first-order chi connectivity index (χ1) is 13.4. The van der Waals surface area contributed by atoms with Crippen LogP contribution in [0.15, 0.2) is 24.3 Å². The smallest absolute Gasteiger partial charge is 0.435 e. The molecule has 0 aliphatic heterocycles. The number of carbonyl (C=O) groups excluding carboxylic acids is 1. The Kier molecular flexibility index (Phi) is 6.26. The third kappa shape index (κ3) is 4.85.